The lowest BCUT2D eigenvalue weighted by molar-refractivity contribution is 0.102. The summed E-state index contributed by atoms with van der Waals surface area (Å²) in [4.78, 5) is 21.3. The maximum absolute atomic E-state index is 14.9. The van der Waals surface area contributed by atoms with Gasteiger partial charge in [-0.1, -0.05) is 6.92 Å². The lowest BCUT2D eigenvalue weighted by atomic mass is 9.76. The van der Waals surface area contributed by atoms with Crippen LogP contribution < -0.4 is 21.5 Å². The molecule has 1 amide bonds. The van der Waals surface area contributed by atoms with Crippen molar-refractivity contribution in [3.05, 3.63) is 65.4 Å². The van der Waals surface area contributed by atoms with E-state index in [4.69, 9.17) is 16.2 Å². The normalized spacial score (nSPS) is 19.6. The minimum atomic E-state index is -1.09. The Labute approximate surface area is 213 Å². The maximum Gasteiger partial charge on any atom is 0.276 e. The molecule has 37 heavy (non-hydrogen) atoms. The first kappa shape index (κ1) is 26.4. The van der Waals surface area contributed by atoms with Gasteiger partial charge in [0.1, 0.15) is 23.1 Å². The molecule has 0 bridgehead atoms. The van der Waals surface area contributed by atoms with Crippen molar-refractivity contribution in [2.45, 2.75) is 58.1 Å². The van der Waals surface area contributed by atoms with E-state index in [1.165, 1.54) is 6.20 Å². The van der Waals surface area contributed by atoms with Crippen LogP contribution >= 0.6 is 0 Å². The maximum atomic E-state index is 14.9. The number of anilines is 2. The van der Waals surface area contributed by atoms with Gasteiger partial charge in [0.05, 0.1) is 29.2 Å². The minimum Gasteiger partial charge on any atom is -0.491 e. The largest absolute Gasteiger partial charge is 0.491 e. The highest BCUT2D eigenvalue weighted by molar-refractivity contribution is 6.07. The Morgan fingerprint density at radius 3 is 2.46 bits per heavy atom. The van der Waals surface area contributed by atoms with Gasteiger partial charge in [-0.2, -0.15) is 0 Å². The second kappa shape index (κ2) is 10.8. The number of ether oxygens (including phenoxy) is 1. The molecule has 10 heteroatoms. The number of carbonyl (C=O) groups is 1. The molecule has 3 atom stereocenters. The van der Waals surface area contributed by atoms with Crippen LogP contribution in [0, 0.1) is 23.4 Å². The highest BCUT2D eigenvalue weighted by Crippen LogP contribution is 2.38. The van der Waals surface area contributed by atoms with Crippen LogP contribution in [-0.2, 0) is 0 Å². The number of nitrogens with two attached hydrogens (primary N) is 2. The summed E-state index contributed by atoms with van der Waals surface area (Å²) in [7, 11) is 0. The predicted molar refractivity (Wildman–Crippen MR) is 136 cm³/mol. The number of halogens is 3. The standard InChI is InChI=1S/C27H30F3N5O2/c1-13(2)37-17-9-19(28)24(20(29)10-17)25-21(30)11-22(32)26(35-25)27(36)34-23-12-33-5-4-18(23)15-6-14(3)7-16(31)8-15/h4-5,9-16H,6-8,31-32H2,1-3H3,(H,34,36)/t14-,15+,16-/m0/s1. The summed E-state index contributed by atoms with van der Waals surface area (Å²) in [6.45, 7) is 5.54. The summed E-state index contributed by atoms with van der Waals surface area (Å²) in [5.74, 6) is -3.53. The number of nitrogen functional groups attached to an aromatic ring is 1. The number of rotatable bonds is 6. The molecule has 1 aliphatic rings. The van der Waals surface area contributed by atoms with Crippen LogP contribution in [0.3, 0.4) is 0 Å². The molecule has 2 aromatic heterocycles. The van der Waals surface area contributed by atoms with Gasteiger partial charge in [0.15, 0.2) is 11.5 Å². The second-order valence-corrected chi connectivity index (χ2v) is 9.87. The SMILES string of the molecule is CC(C)Oc1cc(F)c(-c2nc(C(=O)Nc3cnccc3[C@@H]3C[C@H](C)C[C@H](N)C3)c(N)cc2F)c(F)c1. The Morgan fingerprint density at radius 2 is 1.81 bits per heavy atom. The summed E-state index contributed by atoms with van der Waals surface area (Å²) in [5.41, 5.74) is 11.4. The Bertz CT molecular complexity index is 1280. The minimum absolute atomic E-state index is 0.0459. The lowest BCUT2D eigenvalue weighted by Crippen LogP contribution is -2.31. The van der Waals surface area contributed by atoms with E-state index in [-0.39, 0.29) is 35.2 Å². The van der Waals surface area contributed by atoms with Crippen molar-refractivity contribution in [3.8, 4) is 17.0 Å². The molecule has 1 aromatic carbocycles. The van der Waals surface area contributed by atoms with Crippen LogP contribution in [0.25, 0.3) is 11.3 Å². The van der Waals surface area contributed by atoms with Crippen molar-refractivity contribution in [1.29, 1.82) is 0 Å². The number of hydrogen-bond acceptors (Lipinski definition) is 6. The van der Waals surface area contributed by atoms with E-state index in [1.54, 1.807) is 20.0 Å². The van der Waals surface area contributed by atoms with Gasteiger partial charge in [-0.25, -0.2) is 18.2 Å². The van der Waals surface area contributed by atoms with Crippen molar-refractivity contribution in [2.75, 3.05) is 11.1 Å². The fraction of sp³-hybridized carbons (Fsp3) is 0.370. The molecule has 1 saturated carbocycles. The van der Waals surface area contributed by atoms with Crippen molar-refractivity contribution in [2.24, 2.45) is 11.7 Å². The van der Waals surface area contributed by atoms with E-state index in [9.17, 15) is 18.0 Å². The first-order valence-corrected chi connectivity index (χ1v) is 12.2. The van der Waals surface area contributed by atoms with E-state index in [0.717, 1.165) is 43.0 Å². The van der Waals surface area contributed by atoms with Crippen LogP contribution in [0.1, 0.15) is 62.0 Å². The highest BCUT2D eigenvalue weighted by Gasteiger charge is 2.28. The number of hydrogen-bond donors (Lipinski definition) is 3. The third kappa shape index (κ3) is 5.85. The van der Waals surface area contributed by atoms with Crippen LogP contribution in [0.15, 0.2) is 36.7 Å². The molecule has 5 N–H and O–H groups in total. The van der Waals surface area contributed by atoms with Crippen LogP contribution in [-0.4, -0.2) is 28.0 Å². The van der Waals surface area contributed by atoms with E-state index < -0.39 is 34.6 Å². The zero-order valence-corrected chi connectivity index (χ0v) is 20.9. The van der Waals surface area contributed by atoms with E-state index >= 15 is 0 Å². The van der Waals surface area contributed by atoms with Gasteiger partial charge in [0.25, 0.3) is 5.91 Å². The topological polar surface area (TPSA) is 116 Å². The van der Waals surface area contributed by atoms with Gasteiger partial charge in [0, 0.05) is 30.4 Å². The smallest absolute Gasteiger partial charge is 0.276 e. The molecule has 1 aliphatic carbocycles. The zero-order chi connectivity index (χ0) is 26.9. The first-order valence-electron chi connectivity index (χ1n) is 12.2. The second-order valence-electron chi connectivity index (χ2n) is 9.87. The van der Waals surface area contributed by atoms with Gasteiger partial charge < -0.3 is 21.5 Å². The quantitative estimate of drug-likeness (QED) is 0.406. The monoisotopic (exact) mass is 513 g/mol. The molecule has 3 aromatic rings. The molecule has 7 nitrogen and oxygen atoms in total. The Kier molecular flexibility index (Phi) is 7.68. The number of aromatic nitrogens is 2. The molecular weight excluding hydrogens is 483 g/mol. The number of carbonyl (C=O) groups excluding carboxylic acids is 1. The Balaban J connectivity index is 1.67. The molecule has 0 aliphatic heterocycles. The molecule has 196 valence electrons. The average Bonchev–Trinajstić information content (AvgIpc) is 2.79. The zero-order valence-electron chi connectivity index (χ0n) is 20.9. The van der Waals surface area contributed by atoms with E-state index in [0.29, 0.717) is 11.6 Å². The molecular formula is C27H30F3N5O2. The number of amides is 1. The van der Waals surface area contributed by atoms with Crippen LogP contribution in [0.5, 0.6) is 5.75 Å². The molecule has 0 radical (unpaired) electrons. The molecule has 0 unspecified atom stereocenters. The third-order valence-electron chi connectivity index (χ3n) is 6.37. The fourth-order valence-corrected chi connectivity index (χ4v) is 4.93. The van der Waals surface area contributed by atoms with E-state index in [2.05, 4.69) is 22.2 Å². The number of nitrogens with zero attached hydrogens (tertiary/aromatic N) is 2. The third-order valence-corrected chi connectivity index (χ3v) is 6.37. The molecule has 4 rings (SSSR count). The summed E-state index contributed by atoms with van der Waals surface area (Å²) in [6.07, 6.45) is 5.41. The Morgan fingerprint density at radius 1 is 1.11 bits per heavy atom. The van der Waals surface area contributed by atoms with Gasteiger partial charge in [-0.05, 0) is 56.6 Å². The molecule has 0 saturated heterocycles. The summed E-state index contributed by atoms with van der Waals surface area (Å²) < 4.78 is 49.8. The fourth-order valence-electron chi connectivity index (χ4n) is 4.93. The first-order chi connectivity index (χ1) is 17.5. The lowest BCUT2D eigenvalue weighted by Gasteiger charge is -2.32. The van der Waals surface area contributed by atoms with Crippen molar-refractivity contribution < 1.29 is 22.7 Å². The molecule has 2 heterocycles. The number of pyridine rings is 2. The van der Waals surface area contributed by atoms with E-state index in [1.807, 2.05) is 6.07 Å². The van der Waals surface area contributed by atoms with Crippen molar-refractivity contribution in [1.82, 2.24) is 9.97 Å². The van der Waals surface area contributed by atoms with Crippen molar-refractivity contribution >= 4 is 17.3 Å². The van der Waals surface area contributed by atoms with Gasteiger partial charge in [0.2, 0.25) is 0 Å². The predicted octanol–water partition coefficient (Wildman–Crippen LogP) is 5.41. The number of nitrogens with one attached hydrogen (secondary N) is 1. The summed E-state index contributed by atoms with van der Waals surface area (Å²) >= 11 is 0. The van der Waals surface area contributed by atoms with Gasteiger partial charge in [-0.15, -0.1) is 0 Å². The Hall–Kier alpha value is -3.66. The summed E-state index contributed by atoms with van der Waals surface area (Å²) in [5, 5.41) is 2.74. The van der Waals surface area contributed by atoms with Crippen LogP contribution in [0.2, 0.25) is 0 Å². The van der Waals surface area contributed by atoms with Crippen molar-refractivity contribution in [3.63, 3.8) is 0 Å². The van der Waals surface area contributed by atoms with Gasteiger partial charge >= 0.3 is 0 Å². The number of benzene rings is 1. The molecule has 0 spiro atoms. The highest BCUT2D eigenvalue weighted by atomic mass is 19.1. The van der Waals surface area contributed by atoms with Crippen LogP contribution in [0.4, 0.5) is 24.5 Å². The molecule has 1 fully saturated rings. The average molecular weight is 514 g/mol. The van der Waals surface area contributed by atoms with Gasteiger partial charge in [-0.3, -0.25) is 9.78 Å². The summed E-state index contributed by atoms with van der Waals surface area (Å²) in [6, 6.07) is 4.56.